The molecule has 0 aromatic carbocycles. The summed E-state index contributed by atoms with van der Waals surface area (Å²) in [5.74, 6) is 0. The molecule has 0 heterocycles. The first-order valence-electron chi connectivity index (χ1n) is 4.02. The highest BCUT2D eigenvalue weighted by atomic mass is 79.9. The van der Waals surface area contributed by atoms with Crippen LogP contribution in [0.2, 0.25) is 0 Å². The molecule has 11 heavy (non-hydrogen) atoms. The maximum absolute atomic E-state index is 10.7. The first-order chi connectivity index (χ1) is 5.18. The van der Waals surface area contributed by atoms with E-state index < -0.39 is 0 Å². The average molecular weight is 286 g/mol. The third-order valence-corrected chi connectivity index (χ3v) is 3.60. The Morgan fingerprint density at radius 3 is 2.45 bits per heavy atom. The predicted octanol–water partition coefficient (Wildman–Crippen LogP) is 3.64. The lowest BCUT2D eigenvalue weighted by molar-refractivity contribution is -0.109. The number of hydrogen-bond donors (Lipinski definition) is 0. The minimum absolute atomic E-state index is 0.0133. The molecule has 0 aliphatic rings. The Morgan fingerprint density at radius 2 is 2.00 bits per heavy atom. The van der Waals surface area contributed by atoms with Crippen molar-refractivity contribution in [1.29, 1.82) is 0 Å². The molecule has 3 heteroatoms. The summed E-state index contributed by atoms with van der Waals surface area (Å²) in [4.78, 5) is 10.7. The molecule has 0 aromatic heterocycles. The second-order valence-electron chi connectivity index (χ2n) is 2.62. The topological polar surface area (TPSA) is 17.1 Å². The second kappa shape index (κ2) is 7.29. The van der Waals surface area contributed by atoms with E-state index in [9.17, 15) is 4.79 Å². The molecule has 0 bridgehead atoms. The van der Waals surface area contributed by atoms with Crippen LogP contribution in [0.4, 0.5) is 0 Å². The van der Waals surface area contributed by atoms with Crippen LogP contribution in [0, 0.1) is 0 Å². The van der Waals surface area contributed by atoms with Crippen LogP contribution in [-0.2, 0) is 4.79 Å². The van der Waals surface area contributed by atoms with Crippen LogP contribution >= 0.6 is 31.9 Å². The third kappa shape index (κ3) is 7.01. The highest BCUT2D eigenvalue weighted by molar-refractivity contribution is 9.20. The minimum atomic E-state index is 0.0133. The van der Waals surface area contributed by atoms with Crippen LogP contribution in [-0.4, -0.2) is 9.52 Å². The summed E-state index contributed by atoms with van der Waals surface area (Å²) in [5, 5.41) is 0. The SMILES string of the molecule is CCCCCC[C@H](Br)C(=O)Br. The predicted molar refractivity (Wildman–Crippen MR) is 55.4 cm³/mol. The van der Waals surface area contributed by atoms with Gasteiger partial charge in [-0.05, 0) is 22.4 Å². The van der Waals surface area contributed by atoms with Gasteiger partial charge in [-0.3, -0.25) is 4.79 Å². The van der Waals surface area contributed by atoms with Crippen LogP contribution in [0.25, 0.3) is 0 Å². The van der Waals surface area contributed by atoms with Crippen molar-refractivity contribution >= 4 is 36.6 Å². The van der Waals surface area contributed by atoms with Gasteiger partial charge < -0.3 is 0 Å². The van der Waals surface area contributed by atoms with Crippen molar-refractivity contribution in [3.8, 4) is 0 Å². The lowest BCUT2D eigenvalue weighted by Crippen LogP contribution is -2.05. The van der Waals surface area contributed by atoms with Crippen LogP contribution < -0.4 is 0 Å². The largest absolute Gasteiger partial charge is 0.285 e. The van der Waals surface area contributed by atoms with Crippen LogP contribution in [0.15, 0.2) is 0 Å². The summed E-state index contributed by atoms with van der Waals surface area (Å²) in [7, 11) is 0. The van der Waals surface area contributed by atoms with E-state index in [-0.39, 0.29) is 9.52 Å². The lowest BCUT2D eigenvalue weighted by atomic mass is 10.1. The quantitative estimate of drug-likeness (QED) is 0.414. The number of carbonyl (C=O) groups excluding carboxylic acids is 1. The highest BCUT2D eigenvalue weighted by Gasteiger charge is 2.09. The fourth-order valence-electron chi connectivity index (χ4n) is 0.864. The lowest BCUT2D eigenvalue weighted by Gasteiger charge is -2.02. The second-order valence-corrected chi connectivity index (χ2v) is 4.51. The van der Waals surface area contributed by atoms with Gasteiger partial charge in [-0.15, -0.1) is 0 Å². The normalized spacial score (nSPS) is 13.0. The van der Waals surface area contributed by atoms with Crippen molar-refractivity contribution in [2.45, 2.75) is 43.9 Å². The Kier molecular flexibility index (Phi) is 7.71. The summed E-state index contributed by atoms with van der Waals surface area (Å²) < 4.78 is 0.0639. The zero-order chi connectivity index (χ0) is 8.69. The summed E-state index contributed by atoms with van der Waals surface area (Å²) in [6.45, 7) is 2.18. The molecule has 0 spiro atoms. The Balaban J connectivity index is 3.17. The van der Waals surface area contributed by atoms with Gasteiger partial charge in [0.15, 0.2) is 0 Å². The van der Waals surface area contributed by atoms with Gasteiger partial charge in [0.1, 0.15) is 0 Å². The third-order valence-electron chi connectivity index (χ3n) is 1.56. The van der Waals surface area contributed by atoms with Gasteiger partial charge in [0.2, 0.25) is 4.69 Å². The van der Waals surface area contributed by atoms with E-state index in [1.165, 1.54) is 19.3 Å². The number of carbonyl (C=O) groups is 1. The molecular formula is C8H14Br2O. The highest BCUT2D eigenvalue weighted by Crippen LogP contribution is 2.14. The van der Waals surface area contributed by atoms with E-state index in [0.717, 1.165) is 12.8 Å². The minimum Gasteiger partial charge on any atom is -0.285 e. The molecule has 0 saturated carbocycles. The van der Waals surface area contributed by atoms with Crippen LogP contribution in [0.3, 0.4) is 0 Å². The van der Waals surface area contributed by atoms with Gasteiger partial charge >= 0.3 is 0 Å². The van der Waals surface area contributed by atoms with E-state index in [0.29, 0.717) is 0 Å². The zero-order valence-electron chi connectivity index (χ0n) is 6.78. The molecule has 0 unspecified atom stereocenters. The molecular weight excluding hydrogens is 272 g/mol. The summed E-state index contributed by atoms with van der Waals surface area (Å²) in [6, 6.07) is 0. The van der Waals surface area contributed by atoms with Gasteiger partial charge in [0.25, 0.3) is 0 Å². The molecule has 0 fully saturated rings. The first-order valence-corrected chi connectivity index (χ1v) is 5.72. The van der Waals surface area contributed by atoms with Crippen LogP contribution in [0.1, 0.15) is 39.0 Å². The van der Waals surface area contributed by atoms with Crippen molar-refractivity contribution in [2.24, 2.45) is 0 Å². The molecule has 0 aliphatic heterocycles. The van der Waals surface area contributed by atoms with Gasteiger partial charge in [0, 0.05) is 0 Å². The molecule has 0 N–H and O–H groups in total. The molecule has 0 rings (SSSR count). The Morgan fingerprint density at radius 1 is 1.36 bits per heavy atom. The molecule has 1 nitrogen and oxygen atoms in total. The number of alkyl halides is 1. The zero-order valence-corrected chi connectivity index (χ0v) is 9.95. The van der Waals surface area contributed by atoms with Gasteiger partial charge in [-0.2, -0.15) is 0 Å². The number of hydrogen-bond acceptors (Lipinski definition) is 1. The molecule has 0 amide bonds. The monoisotopic (exact) mass is 284 g/mol. The Bertz CT molecular complexity index is 115. The van der Waals surface area contributed by atoms with Gasteiger partial charge in [-0.1, -0.05) is 48.5 Å². The van der Waals surface area contributed by atoms with Crippen molar-refractivity contribution in [3.63, 3.8) is 0 Å². The average Bonchev–Trinajstić information content (AvgIpc) is 1.97. The maximum Gasteiger partial charge on any atom is 0.211 e. The Hall–Kier alpha value is 0.630. The molecule has 66 valence electrons. The van der Waals surface area contributed by atoms with E-state index in [1.807, 2.05) is 0 Å². The van der Waals surface area contributed by atoms with Crippen molar-refractivity contribution in [3.05, 3.63) is 0 Å². The van der Waals surface area contributed by atoms with Crippen molar-refractivity contribution in [2.75, 3.05) is 0 Å². The molecule has 1 atom stereocenters. The van der Waals surface area contributed by atoms with E-state index >= 15 is 0 Å². The van der Waals surface area contributed by atoms with Gasteiger partial charge in [0.05, 0.1) is 4.83 Å². The fourth-order valence-corrected chi connectivity index (χ4v) is 1.42. The summed E-state index contributed by atoms with van der Waals surface area (Å²) in [6.07, 6.45) is 5.84. The van der Waals surface area contributed by atoms with Crippen molar-refractivity contribution < 1.29 is 4.79 Å². The molecule has 0 saturated heterocycles. The number of halogens is 2. The van der Waals surface area contributed by atoms with E-state index in [1.54, 1.807) is 0 Å². The molecule has 0 radical (unpaired) electrons. The summed E-state index contributed by atoms with van der Waals surface area (Å²) >= 11 is 6.22. The smallest absolute Gasteiger partial charge is 0.211 e. The van der Waals surface area contributed by atoms with Gasteiger partial charge in [-0.25, -0.2) is 0 Å². The fraction of sp³-hybridized carbons (Fsp3) is 0.875. The summed E-state index contributed by atoms with van der Waals surface area (Å²) in [5.41, 5.74) is 0. The molecule has 0 aliphatic carbocycles. The number of unbranched alkanes of at least 4 members (excludes halogenated alkanes) is 3. The number of rotatable bonds is 6. The van der Waals surface area contributed by atoms with Crippen LogP contribution in [0.5, 0.6) is 0 Å². The van der Waals surface area contributed by atoms with E-state index in [2.05, 4.69) is 38.8 Å². The molecule has 0 aromatic rings. The van der Waals surface area contributed by atoms with E-state index in [4.69, 9.17) is 0 Å². The maximum atomic E-state index is 10.7. The Labute approximate surface area is 85.2 Å². The van der Waals surface area contributed by atoms with Crippen molar-refractivity contribution in [1.82, 2.24) is 0 Å². The first kappa shape index (κ1) is 11.6. The standard InChI is InChI=1S/C8H14Br2O/c1-2-3-4-5-6-7(9)8(10)11/h7H,2-6H2,1H3/t7-/m0/s1.